The van der Waals surface area contributed by atoms with Gasteiger partial charge in [0, 0.05) is 19.2 Å². The largest absolute Gasteiger partial charge is 0.493 e. The first-order valence-electron chi connectivity index (χ1n) is 7.57. The average Bonchev–Trinajstić information content (AvgIpc) is 2.59. The highest BCUT2D eigenvalue weighted by Crippen LogP contribution is 2.36. The number of piperidine rings is 1. The summed E-state index contributed by atoms with van der Waals surface area (Å²) in [5, 5.41) is 9.38. The van der Waals surface area contributed by atoms with Gasteiger partial charge >= 0.3 is 5.97 Å². The Bertz CT molecular complexity index is 651. The van der Waals surface area contributed by atoms with Crippen molar-refractivity contribution in [3.05, 3.63) is 28.8 Å². The third-order valence-electron chi connectivity index (χ3n) is 4.03. The molecule has 1 aliphatic heterocycles. The van der Waals surface area contributed by atoms with E-state index in [1.165, 1.54) is 20.3 Å². The van der Waals surface area contributed by atoms with Gasteiger partial charge in [-0.15, -0.1) is 0 Å². The Hall–Kier alpha value is -2.21. The Kier molecular flexibility index (Phi) is 6.09. The number of carbonyl (C=O) groups is 2. The molecule has 0 aliphatic carbocycles. The molecule has 0 radical (unpaired) electrons. The van der Waals surface area contributed by atoms with Gasteiger partial charge < -0.3 is 19.5 Å². The van der Waals surface area contributed by atoms with Gasteiger partial charge in [-0.1, -0.05) is 11.6 Å². The molecule has 1 saturated heterocycles. The predicted molar refractivity (Wildman–Crippen MR) is 90.5 cm³/mol. The smallest absolute Gasteiger partial charge is 0.306 e. The highest BCUT2D eigenvalue weighted by Gasteiger charge is 2.25. The third kappa shape index (κ3) is 4.20. The van der Waals surface area contributed by atoms with Gasteiger partial charge in [0.15, 0.2) is 11.5 Å². The van der Waals surface area contributed by atoms with Crippen LogP contribution in [0.25, 0.3) is 6.08 Å². The average molecular weight is 354 g/mol. The van der Waals surface area contributed by atoms with Crippen LogP contribution in [0.2, 0.25) is 5.02 Å². The fourth-order valence-corrected chi connectivity index (χ4v) is 2.95. The van der Waals surface area contributed by atoms with Gasteiger partial charge in [0.25, 0.3) is 0 Å². The van der Waals surface area contributed by atoms with Crippen LogP contribution in [0.5, 0.6) is 11.5 Å². The molecule has 24 heavy (non-hydrogen) atoms. The first kappa shape index (κ1) is 18.1. The predicted octanol–water partition coefficient (Wildman–Crippen LogP) is 2.69. The molecule has 0 spiro atoms. The highest BCUT2D eigenvalue weighted by molar-refractivity contribution is 6.32. The first-order valence-corrected chi connectivity index (χ1v) is 7.95. The van der Waals surface area contributed by atoms with Crippen LogP contribution in [0.1, 0.15) is 18.4 Å². The minimum Gasteiger partial charge on any atom is -0.493 e. The Morgan fingerprint density at radius 3 is 2.46 bits per heavy atom. The zero-order chi connectivity index (χ0) is 17.7. The first-order chi connectivity index (χ1) is 11.5. The lowest BCUT2D eigenvalue weighted by Gasteiger charge is -2.29. The summed E-state index contributed by atoms with van der Waals surface area (Å²) in [5.41, 5.74) is 0.714. The number of amides is 1. The van der Waals surface area contributed by atoms with E-state index < -0.39 is 5.97 Å². The number of nitrogens with zero attached hydrogens (tertiary/aromatic N) is 1. The van der Waals surface area contributed by atoms with E-state index in [4.69, 9.17) is 26.2 Å². The van der Waals surface area contributed by atoms with E-state index in [0.29, 0.717) is 48.0 Å². The summed E-state index contributed by atoms with van der Waals surface area (Å²) in [4.78, 5) is 24.8. The number of hydrogen-bond donors (Lipinski definition) is 1. The molecule has 0 aromatic heterocycles. The van der Waals surface area contributed by atoms with E-state index in [2.05, 4.69) is 0 Å². The van der Waals surface area contributed by atoms with Crippen LogP contribution >= 0.6 is 11.6 Å². The van der Waals surface area contributed by atoms with Crippen molar-refractivity contribution in [3.8, 4) is 11.5 Å². The molecule has 1 heterocycles. The minimum absolute atomic E-state index is 0.148. The van der Waals surface area contributed by atoms with E-state index in [1.807, 2.05) is 0 Å². The van der Waals surface area contributed by atoms with Gasteiger partial charge in [0.1, 0.15) is 0 Å². The standard InChI is InChI=1S/C17H20ClNO5/c1-23-14-10-11(9-13(18)16(14)24-2)3-4-15(20)19-7-5-12(6-8-19)17(21)22/h3-4,9-10,12H,5-8H2,1-2H3,(H,21,22)/b4-3+. The topological polar surface area (TPSA) is 76.1 Å². The molecule has 0 atom stereocenters. The van der Waals surface area contributed by atoms with Crippen molar-refractivity contribution in [1.82, 2.24) is 4.90 Å². The molecule has 0 unspecified atom stereocenters. The van der Waals surface area contributed by atoms with Crippen molar-refractivity contribution >= 4 is 29.6 Å². The molecule has 0 saturated carbocycles. The number of ether oxygens (including phenoxy) is 2. The molecule has 1 aromatic carbocycles. The fourth-order valence-electron chi connectivity index (χ4n) is 2.65. The molecule has 0 bridgehead atoms. The molecular formula is C17H20ClNO5. The van der Waals surface area contributed by atoms with Crippen molar-refractivity contribution in [3.63, 3.8) is 0 Å². The number of halogens is 1. The van der Waals surface area contributed by atoms with E-state index >= 15 is 0 Å². The summed E-state index contributed by atoms with van der Waals surface area (Å²) in [6.07, 6.45) is 4.08. The Labute approximate surface area is 145 Å². The SMILES string of the molecule is COc1cc(/C=C/C(=O)N2CCC(C(=O)O)CC2)cc(Cl)c1OC. The van der Waals surface area contributed by atoms with Crippen molar-refractivity contribution in [2.75, 3.05) is 27.3 Å². The molecule has 6 nitrogen and oxygen atoms in total. The molecule has 1 aromatic rings. The van der Waals surface area contributed by atoms with Gasteiger partial charge in [-0.05, 0) is 36.6 Å². The molecule has 2 rings (SSSR count). The summed E-state index contributed by atoms with van der Waals surface area (Å²) in [6, 6.07) is 3.41. The van der Waals surface area contributed by atoms with Crippen LogP contribution < -0.4 is 9.47 Å². The lowest BCUT2D eigenvalue weighted by molar-refractivity contribution is -0.144. The molecule has 1 aliphatic rings. The maximum absolute atomic E-state index is 12.2. The number of methoxy groups -OCH3 is 2. The number of rotatable bonds is 5. The van der Waals surface area contributed by atoms with Crippen LogP contribution in [0.4, 0.5) is 0 Å². The summed E-state index contributed by atoms with van der Waals surface area (Å²) in [6.45, 7) is 0.902. The van der Waals surface area contributed by atoms with E-state index in [-0.39, 0.29) is 11.8 Å². The molecule has 1 fully saturated rings. The summed E-state index contributed by atoms with van der Waals surface area (Å²) in [7, 11) is 3.02. The van der Waals surface area contributed by atoms with Crippen LogP contribution in [-0.2, 0) is 9.59 Å². The Balaban J connectivity index is 2.04. The van der Waals surface area contributed by atoms with Crippen molar-refractivity contribution in [2.24, 2.45) is 5.92 Å². The monoisotopic (exact) mass is 353 g/mol. The number of hydrogen-bond acceptors (Lipinski definition) is 4. The maximum atomic E-state index is 12.2. The normalized spacial score (nSPS) is 15.5. The number of likely N-dealkylation sites (tertiary alicyclic amines) is 1. The lowest BCUT2D eigenvalue weighted by Crippen LogP contribution is -2.39. The van der Waals surface area contributed by atoms with Gasteiger partial charge in [-0.3, -0.25) is 9.59 Å². The van der Waals surface area contributed by atoms with Crippen molar-refractivity contribution in [2.45, 2.75) is 12.8 Å². The maximum Gasteiger partial charge on any atom is 0.306 e. The second-order valence-corrected chi connectivity index (χ2v) is 5.92. The molecule has 1 amide bonds. The molecule has 7 heteroatoms. The van der Waals surface area contributed by atoms with E-state index in [1.54, 1.807) is 23.1 Å². The van der Waals surface area contributed by atoms with Crippen molar-refractivity contribution in [1.29, 1.82) is 0 Å². The molecule has 1 N–H and O–H groups in total. The van der Waals surface area contributed by atoms with Crippen LogP contribution in [0.15, 0.2) is 18.2 Å². The Morgan fingerprint density at radius 1 is 1.25 bits per heavy atom. The highest BCUT2D eigenvalue weighted by atomic mass is 35.5. The van der Waals surface area contributed by atoms with Gasteiger partial charge in [0.2, 0.25) is 5.91 Å². The van der Waals surface area contributed by atoms with E-state index in [9.17, 15) is 9.59 Å². The van der Waals surface area contributed by atoms with Gasteiger partial charge in [0.05, 0.1) is 25.2 Å². The minimum atomic E-state index is -0.794. The van der Waals surface area contributed by atoms with Crippen LogP contribution in [-0.4, -0.2) is 49.2 Å². The Morgan fingerprint density at radius 2 is 1.92 bits per heavy atom. The van der Waals surface area contributed by atoms with Gasteiger partial charge in [-0.25, -0.2) is 0 Å². The zero-order valence-corrected chi connectivity index (χ0v) is 14.4. The molecule has 130 valence electrons. The van der Waals surface area contributed by atoms with E-state index in [0.717, 1.165) is 0 Å². The zero-order valence-electron chi connectivity index (χ0n) is 13.6. The quantitative estimate of drug-likeness (QED) is 0.824. The number of carbonyl (C=O) groups excluding carboxylic acids is 1. The van der Waals surface area contributed by atoms with Crippen LogP contribution in [0.3, 0.4) is 0 Å². The van der Waals surface area contributed by atoms with Crippen molar-refractivity contribution < 1.29 is 24.2 Å². The fraction of sp³-hybridized carbons (Fsp3) is 0.412. The number of benzene rings is 1. The summed E-state index contributed by atoms with van der Waals surface area (Å²) >= 11 is 6.13. The third-order valence-corrected chi connectivity index (χ3v) is 4.31. The summed E-state index contributed by atoms with van der Waals surface area (Å²) < 4.78 is 10.4. The second-order valence-electron chi connectivity index (χ2n) is 5.51. The lowest BCUT2D eigenvalue weighted by atomic mass is 9.97. The summed E-state index contributed by atoms with van der Waals surface area (Å²) in [5.74, 6) is -0.372. The van der Waals surface area contributed by atoms with Crippen LogP contribution in [0, 0.1) is 5.92 Å². The second kappa shape index (κ2) is 8.06. The van der Waals surface area contributed by atoms with Gasteiger partial charge in [-0.2, -0.15) is 0 Å². The number of carboxylic acid groups (broad SMARTS) is 1. The number of aliphatic carboxylic acids is 1. The molecular weight excluding hydrogens is 334 g/mol. The number of carboxylic acids is 1.